The molecule has 0 fully saturated rings. The average Bonchev–Trinajstić information content (AvgIpc) is 2.87. The zero-order chi connectivity index (χ0) is 27.2. The Bertz CT molecular complexity index is 565. The molecule has 0 aromatic heterocycles. The van der Waals surface area contributed by atoms with E-state index in [9.17, 15) is 0 Å². The Hall–Kier alpha value is -0.780. The van der Waals surface area contributed by atoms with Gasteiger partial charge in [0.15, 0.2) is 0 Å². The van der Waals surface area contributed by atoms with Crippen LogP contribution < -0.4 is 0 Å². The third-order valence-electron chi connectivity index (χ3n) is 9.23. The Morgan fingerprint density at radius 3 is 1.92 bits per heavy atom. The van der Waals surface area contributed by atoms with Crippen LogP contribution in [0.2, 0.25) is 0 Å². The lowest BCUT2D eigenvalue weighted by atomic mass is 9.80. The van der Waals surface area contributed by atoms with Crippen LogP contribution in [-0.4, -0.2) is 0 Å². The fraction of sp³-hybridized carbons (Fsp3) is 0.833. The molecule has 5 unspecified atom stereocenters. The lowest BCUT2D eigenvalue weighted by Gasteiger charge is -2.26. The molecular formula is C36H68. The summed E-state index contributed by atoms with van der Waals surface area (Å²) in [5.74, 6) is 4.19. The van der Waals surface area contributed by atoms with Gasteiger partial charge in [0, 0.05) is 0 Å². The Kier molecular flexibility index (Phi) is 22.8. The Labute approximate surface area is 229 Å². The van der Waals surface area contributed by atoms with E-state index < -0.39 is 0 Å². The molecule has 0 nitrogen and oxygen atoms in total. The largest absolute Gasteiger partial charge is 0.103 e. The van der Waals surface area contributed by atoms with Gasteiger partial charge in [0.25, 0.3) is 0 Å². The Morgan fingerprint density at radius 1 is 0.639 bits per heavy atom. The summed E-state index contributed by atoms with van der Waals surface area (Å²) in [5.41, 5.74) is 3.23. The molecule has 0 aliphatic rings. The highest BCUT2D eigenvalue weighted by Crippen LogP contribution is 2.31. The molecule has 0 bridgehead atoms. The molecule has 0 aromatic rings. The topological polar surface area (TPSA) is 0 Å². The fourth-order valence-electron chi connectivity index (χ4n) is 5.62. The van der Waals surface area contributed by atoms with Crippen LogP contribution in [0.15, 0.2) is 36.0 Å². The Balaban J connectivity index is 4.29. The van der Waals surface area contributed by atoms with Crippen molar-refractivity contribution in [2.24, 2.45) is 29.6 Å². The van der Waals surface area contributed by atoms with Gasteiger partial charge in [-0.05, 0) is 94.8 Å². The minimum atomic E-state index is 0.736. The maximum Gasteiger partial charge on any atom is -0.0262 e. The monoisotopic (exact) mass is 501 g/mol. The number of unbranched alkanes of at least 4 members (excludes halogenated alkanes) is 4. The highest BCUT2D eigenvalue weighted by Gasteiger charge is 2.18. The van der Waals surface area contributed by atoms with E-state index in [4.69, 9.17) is 0 Å². The first-order valence-electron chi connectivity index (χ1n) is 16.2. The molecule has 0 radical (unpaired) electrons. The summed E-state index contributed by atoms with van der Waals surface area (Å²) in [4.78, 5) is 0. The molecule has 0 aliphatic carbocycles. The minimum Gasteiger partial charge on any atom is -0.103 e. The summed E-state index contributed by atoms with van der Waals surface area (Å²) in [5, 5.41) is 0. The maximum absolute atomic E-state index is 4.00. The van der Waals surface area contributed by atoms with Crippen LogP contribution >= 0.6 is 0 Å². The zero-order valence-electron chi connectivity index (χ0n) is 26.3. The minimum absolute atomic E-state index is 0.736. The second kappa shape index (κ2) is 23.3. The van der Waals surface area contributed by atoms with Gasteiger partial charge in [-0.25, -0.2) is 0 Å². The van der Waals surface area contributed by atoms with E-state index in [0.29, 0.717) is 0 Å². The van der Waals surface area contributed by atoms with Gasteiger partial charge in [-0.2, -0.15) is 0 Å². The van der Waals surface area contributed by atoms with Crippen molar-refractivity contribution >= 4 is 0 Å². The van der Waals surface area contributed by atoms with Gasteiger partial charge in [-0.3, -0.25) is 0 Å². The number of rotatable bonds is 24. The van der Waals surface area contributed by atoms with E-state index in [0.717, 1.165) is 29.6 Å². The molecule has 0 spiro atoms. The van der Waals surface area contributed by atoms with Crippen LogP contribution in [0.25, 0.3) is 0 Å². The molecule has 0 N–H and O–H groups in total. The number of allylic oxidation sites excluding steroid dienone is 5. The average molecular weight is 501 g/mol. The second-order valence-electron chi connectivity index (χ2n) is 12.5. The van der Waals surface area contributed by atoms with E-state index in [-0.39, 0.29) is 0 Å². The van der Waals surface area contributed by atoms with E-state index >= 15 is 0 Å². The van der Waals surface area contributed by atoms with Crippen molar-refractivity contribution in [2.45, 2.75) is 165 Å². The maximum atomic E-state index is 4.00. The van der Waals surface area contributed by atoms with Gasteiger partial charge < -0.3 is 0 Å². The Morgan fingerprint density at radius 2 is 1.28 bits per heavy atom. The SMILES string of the molecule is C=CCCC(CCCC(C)C=CCCCCC)C(C)CCCC(C)C(C)CCCCC(C)=C(C)CC. The van der Waals surface area contributed by atoms with E-state index in [2.05, 4.69) is 80.2 Å². The van der Waals surface area contributed by atoms with Crippen molar-refractivity contribution in [1.82, 2.24) is 0 Å². The van der Waals surface area contributed by atoms with Crippen LogP contribution in [0.5, 0.6) is 0 Å². The van der Waals surface area contributed by atoms with Gasteiger partial charge in [0.2, 0.25) is 0 Å². The van der Waals surface area contributed by atoms with Crippen LogP contribution in [0.4, 0.5) is 0 Å². The van der Waals surface area contributed by atoms with Crippen LogP contribution in [0, 0.1) is 29.6 Å². The van der Waals surface area contributed by atoms with Gasteiger partial charge >= 0.3 is 0 Å². The zero-order valence-corrected chi connectivity index (χ0v) is 26.3. The quantitative estimate of drug-likeness (QED) is 0.0912. The summed E-state index contributed by atoms with van der Waals surface area (Å²) in [6, 6.07) is 0. The molecule has 0 heteroatoms. The molecule has 0 saturated carbocycles. The predicted molar refractivity (Wildman–Crippen MR) is 168 cm³/mol. The summed E-state index contributed by atoms with van der Waals surface area (Å²) in [6.45, 7) is 23.2. The first kappa shape index (κ1) is 35.2. The normalized spacial score (nSPS) is 17.0. The molecule has 0 aliphatic heterocycles. The predicted octanol–water partition coefficient (Wildman–Crippen LogP) is 12.9. The van der Waals surface area contributed by atoms with E-state index in [1.807, 2.05) is 0 Å². The third-order valence-corrected chi connectivity index (χ3v) is 9.23. The molecule has 5 atom stereocenters. The fourth-order valence-corrected chi connectivity index (χ4v) is 5.62. The van der Waals surface area contributed by atoms with Gasteiger partial charge in [-0.15, -0.1) is 6.58 Å². The third kappa shape index (κ3) is 18.5. The lowest BCUT2D eigenvalue weighted by Crippen LogP contribution is -2.14. The summed E-state index contributed by atoms with van der Waals surface area (Å²) >= 11 is 0. The molecule has 0 heterocycles. The van der Waals surface area contributed by atoms with Crippen molar-refractivity contribution in [1.29, 1.82) is 0 Å². The van der Waals surface area contributed by atoms with E-state index in [1.165, 1.54) is 109 Å². The molecule has 36 heavy (non-hydrogen) atoms. The van der Waals surface area contributed by atoms with Crippen LogP contribution in [0.3, 0.4) is 0 Å². The van der Waals surface area contributed by atoms with Crippen molar-refractivity contribution in [3.05, 3.63) is 36.0 Å². The lowest BCUT2D eigenvalue weighted by molar-refractivity contribution is 0.264. The molecule has 0 amide bonds. The van der Waals surface area contributed by atoms with E-state index in [1.54, 1.807) is 11.1 Å². The van der Waals surface area contributed by atoms with Crippen molar-refractivity contribution in [2.75, 3.05) is 0 Å². The summed E-state index contributed by atoms with van der Waals surface area (Å²) < 4.78 is 0. The highest BCUT2D eigenvalue weighted by atomic mass is 14.2. The molecule has 0 rings (SSSR count). The van der Waals surface area contributed by atoms with Crippen molar-refractivity contribution in [3.63, 3.8) is 0 Å². The number of hydrogen-bond acceptors (Lipinski definition) is 0. The van der Waals surface area contributed by atoms with Gasteiger partial charge in [0.1, 0.15) is 0 Å². The molecular weight excluding hydrogens is 432 g/mol. The first-order valence-corrected chi connectivity index (χ1v) is 16.2. The first-order chi connectivity index (χ1) is 17.3. The smallest absolute Gasteiger partial charge is 0.0262 e. The van der Waals surface area contributed by atoms with Crippen molar-refractivity contribution < 1.29 is 0 Å². The van der Waals surface area contributed by atoms with Crippen LogP contribution in [-0.2, 0) is 0 Å². The molecule has 0 saturated heterocycles. The number of hydrogen-bond donors (Lipinski definition) is 0. The summed E-state index contributed by atoms with van der Waals surface area (Å²) in [7, 11) is 0. The van der Waals surface area contributed by atoms with Gasteiger partial charge in [0.05, 0.1) is 0 Å². The van der Waals surface area contributed by atoms with Crippen LogP contribution in [0.1, 0.15) is 165 Å². The molecule has 212 valence electrons. The van der Waals surface area contributed by atoms with Gasteiger partial charge in [-0.1, -0.05) is 129 Å². The second-order valence-corrected chi connectivity index (χ2v) is 12.5. The summed E-state index contributed by atoms with van der Waals surface area (Å²) in [6.07, 6.45) is 29.9. The standard InChI is InChI=1S/C36H68/c1-10-13-15-16-17-22-30(4)23-20-29-36(28-14-11-2)35(9)27-21-26-34(8)33(7)25-19-18-24-32(6)31(5)12-3/h11,17,22,30,33-36H,2,10,12-16,18-21,23-29H2,1,3-9H3. The van der Waals surface area contributed by atoms with Crippen molar-refractivity contribution in [3.8, 4) is 0 Å². The molecule has 0 aromatic carbocycles. The highest BCUT2D eigenvalue weighted by molar-refractivity contribution is 5.08.